The maximum Gasteiger partial charge on any atom is 0.217 e. The van der Waals surface area contributed by atoms with Gasteiger partial charge < -0.3 is 14.8 Å². The third-order valence-electron chi connectivity index (χ3n) is 2.26. The van der Waals surface area contributed by atoms with Crippen LogP contribution in [0.25, 0.3) is 0 Å². The molecule has 0 fully saturated rings. The summed E-state index contributed by atoms with van der Waals surface area (Å²) in [6.45, 7) is 6.31. The highest BCUT2D eigenvalue weighted by Gasteiger charge is 2.05. The van der Waals surface area contributed by atoms with Crippen molar-refractivity contribution in [2.75, 3.05) is 20.3 Å². The second-order valence-electron chi connectivity index (χ2n) is 3.61. The maximum atomic E-state index is 5.33. The minimum Gasteiger partial charge on any atom is -0.481 e. The normalized spacial score (nSPS) is 12.4. The Kier molecular flexibility index (Phi) is 5.82. The Morgan fingerprint density at radius 2 is 2.31 bits per heavy atom. The molecule has 0 radical (unpaired) electrons. The maximum absolute atomic E-state index is 5.33. The first-order valence-electron chi connectivity index (χ1n) is 5.57. The molecule has 1 aromatic heterocycles. The zero-order chi connectivity index (χ0) is 11.8. The van der Waals surface area contributed by atoms with Crippen LogP contribution in [0.2, 0.25) is 0 Å². The lowest BCUT2D eigenvalue weighted by Gasteiger charge is -2.14. The van der Waals surface area contributed by atoms with Crippen LogP contribution in [0.5, 0.6) is 5.88 Å². The molecule has 4 nitrogen and oxygen atoms in total. The second kappa shape index (κ2) is 7.19. The van der Waals surface area contributed by atoms with Crippen molar-refractivity contribution < 1.29 is 9.47 Å². The van der Waals surface area contributed by atoms with Gasteiger partial charge in [-0.15, -0.1) is 0 Å². The Morgan fingerprint density at radius 1 is 1.50 bits per heavy atom. The molecule has 0 saturated carbocycles. The number of nitrogens with zero attached hydrogens (tertiary/aromatic N) is 1. The molecule has 0 spiro atoms. The van der Waals surface area contributed by atoms with Gasteiger partial charge in [-0.3, -0.25) is 0 Å². The molecule has 0 aliphatic carbocycles. The highest BCUT2D eigenvalue weighted by atomic mass is 16.5. The average Bonchev–Trinajstić information content (AvgIpc) is 2.34. The topological polar surface area (TPSA) is 43.4 Å². The molecule has 90 valence electrons. The van der Waals surface area contributed by atoms with E-state index in [0.29, 0.717) is 11.9 Å². The van der Waals surface area contributed by atoms with Crippen LogP contribution >= 0.6 is 0 Å². The van der Waals surface area contributed by atoms with Gasteiger partial charge in [-0.2, -0.15) is 0 Å². The molecule has 16 heavy (non-hydrogen) atoms. The zero-order valence-corrected chi connectivity index (χ0v) is 10.2. The van der Waals surface area contributed by atoms with Crippen LogP contribution in [-0.4, -0.2) is 31.3 Å². The van der Waals surface area contributed by atoms with Gasteiger partial charge in [-0.25, -0.2) is 4.98 Å². The lowest BCUT2D eigenvalue weighted by Crippen LogP contribution is -2.30. The minimum atomic E-state index is 0.324. The number of pyridine rings is 1. The number of aromatic nitrogens is 1. The quantitative estimate of drug-likeness (QED) is 0.764. The third-order valence-corrected chi connectivity index (χ3v) is 2.26. The van der Waals surface area contributed by atoms with Crippen molar-refractivity contribution in [2.24, 2.45) is 0 Å². The molecule has 0 aliphatic rings. The van der Waals surface area contributed by atoms with Crippen molar-refractivity contribution in [1.82, 2.24) is 10.3 Å². The van der Waals surface area contributed by atoms with Gasteiger partial charge in [0, 0.05) is 31.0 Å². The van der Waals surface area contributed by atoms with Crippen molar-refractivity contribution in [3.8, 4) is 5.88 Å². The number of rotatable bonds is 7. The molecule has 0 aliphatic heterocycles. The smallest absolute Gasteiger partial charge is 0.217 e. The van der Waals surface area contributed by atoms with E-state index in [1.54, 1.807) is 13.3 Å². The van der Waals surface area contributed by atoms with Gasteiger partial charge in [0.25, 0.3) is 0 Å². The van der Waals surface area contributed by atoms with E-state index in [-0.39, 0.29) is 0 Å². The van der Waals surface area contributed by atoms with Crippen LogP contribution < -0.4 is 10.1 Å². The summed E-state index contributed by atoms with van der Waals surface area (Å²) < 4.78 is 10.5. The Bertz CT molecular complexity index is 305. The fourth-order valence-electron chi connectivity index (χ4n) is 1.38. The predicted molar refractivity (Wildman–Crippen MR) is 63.6 cm³/mol. The molecule has 0 aromatic carbocycles. The Morgan fingerprint density at radius 3 is 3.00 bits per heavy atom. The molecule has 1 aromatic rings. The van der Waals surface area contributed by atoms with Crippen molar-refractivity contribution in [1.29, 1.82) is 0 Å². The van der Waals surface area contributed by atoms with E-state index in [9.17, 15) is 0 Å². The number of ether oxygens (including phenoxy) is 2. The van der Waals surface area contributed by atoms with Gasteiger partial charge in [0.15, 0.2) is 0 Å². The monoisotopic (exact) mass is 224 g/mol. The second-order valence-corrected chi connectivity index (χ2v) is 3.61. The van der Waals surface area contributed by atoms with E-state index in [1.807, 2.05) is 19.1 Å². The number of methoxy groups -OCH3 is 1. The number of hydrogen-bond donors (Lipinski definition) is 1. The molecule has 0 amide bonds. The van der Waals surface area contributed by atoms with E-state index in [1.165, 1.54) is 0 Å². The first kappa shape index (κ1) is 12.9. The molecule has 1 N–H and O–H groups in total. The third kappa shape index (κ3) is 4.16. The molecular weight excluding hydrogens is 204 g/mol. The standard InChI is InChI=1S/C12H20N2O2/c1-4-16-9-10(2)14-8-11-6-5-7-13-12(11)15-3/h5-7,10,14H,4,8-9H2,1-3H3. The lowest BCUT2D eigenvalue weighted by atomic mass is 10.2. The van der Waals surface area contributed by atoms with E-state index in [2.05, 4.69) is 17.2 Å². The fraction of sp³-hybridized carbons (Fsp3) is 0.583. The number of nitrogens with one attached hydrogen (secondary N) is 1. The van der Waals surface area contributed by atoms with Crippen LogP contribution in [0.15, 0.2) is 18.3 Å². The average molecular weight is 224 g/mol. The molecule has 1 rings (SSSR count). The molecule has 1 unspecified atom stereocenters. The Labute approximate surface area is 97.0 Å². The van der Waals surface area contributed by atoms with Crippen LogP contribution in [0.3, 0.4) is 0 Å². The molecule has 0 saturated heterocycles. The first-order valence-corrected chi connectivity index (χ1v) is 5.57. The van der Waals surface area contributed by atoms with Crippen molar-refractivity contribution in [3.05, 3.63) is 23.9 Å². The highest BCUT2D eigenvalue weighted by Crippen LogP contribution is 2.12. The summed E-state index contributed by atoms with van der Waals surface area (Å²) in [6, 6.07) is 4.24. The lowest BCUT2D eigenvalue weighted by molar-refractivity contribution is 0.127. The zero-order valence-electron chi connectivity index (χ0n) is 10.2. The fourth-order valence-corrected chi connectivity index (χ4v) is 1.38. The Balaban J connectivity index is 2.41. The van der Waals surface area contributed by atoms with Crippen molar-refractivity contribution in [2.45, 2.75) is 26.4 Å². The molecule has 1 atom stereocenters. The van der Waals surface area contributed by atoms with E-state index in [0.717, 1.165) is 25.3 Å². The molecular formula is C12H20N2O2. The molecule has 0 bridgehead atoms. The van der Waals surface area contributed by atoms with Crippen LogP contribution in [-0.2, 0) is 11.3 Å². The SMILES string of the molecule is CCOCC(C)NCc1cccnc1OC. The first-order chi connectivity index (χ1) is 7.77. The molecule has 4 heteroatoms. The van der Waals surface area contributed by atoms with Crippen LogP contribution in [0, 0.1) is 0 Å². The minimum absolute atomic E-state index is 0.324. The van der Waals surface area contributed by atoms with E-state index < -0.39 is 0 Å². The summed E-state index contributed by atoms with van der Waals surface area (Å²) in [5, 5.41) is 3.36. The predicted octanol–water partition coefficient (Wildman–Crippen LogP) is 1.60. The van der Waals surface area contributed by atoms with Crippen molar-refractivity contribution in [3.63, 3.8) is 0 Å². The van der Waals surface area contributed by atoms with E-state index >= 15 is 0 Å². The summed E-state index contributed by atoms with van der Waals surface area (Å²) in [5.74, 6) is 0.679. The van der Waals surface area contributed by atoms with Crippen LogP contribution in [0.4, 0.5) is 0 Å². The summed E-state index contributed by atoms with van der Waals surface area (Å²) in [7, 11) is 1.63. The van der Waals surface area contributed by atoms with Crippen LogP contribution in [0.1, 0.15) is 19.4 Å². The Hall–Kier alpha value is -1.13. The van der Waals surface area contributed by atoms with Gasteiger partial charge >= 0.3 is 0 Å². The van der Waals surface area contributed by atoms with Crippen molar-refractivity contribution >= 4 is 0 Å². The largest absolute Gasteiger partial charge is 0.481 e. The molecule has 1 heterocycles. The summed E-state index contributed by atoms with van der Waals surface area (Å²) >= 11 is 0. The van der Waals surface area contributed by atoms with Gasteiger partial charge in [-0.1, -0.05) is 6.07 Å². The van der Waals surface area contributed by atoms with E-state index in [4.69, 9.17) is 9.47 Å². The summed E-state index contributed by atoms with van der Waals surface area (Å²) in [5.41, 5.74) is 1.06. The number of hydrogen-bond acceptors (Lipinski definition) is 4. The van der Waals surface area contributed by atoms with Gasteiger partial charge in [-0.05, 0) is 19.9 Å². The van der Waals surface area contributed by atoms with Gasteiger partial charge in [0.2, 0.25) is 5.88 Å². The summed E-state index contributed by atoms with van der Waals surface area (Å²) in [4.78, 5) is 4.14. The van der Waals surface area contributed by atoms with Gasteiger partial charge in [0.1, 0.15) is 0 Å². The highest BCUT2D eigenvalue weighted by molar-refractivity contribution is 5.25. The van der Waals surface area contributed by atoms with Gasteiger partial charge in [0.05, 0.1) is 13.7 Å². The summed E-state index contributed by atoms with van der Waals surface area (Å²) in [6.07, 6.45) is 1.73.